The number of hydrogen-bond donors (Lipinski definition) is 0. The van der Waals surface area contributed by atoms with E-state index in [9.17, 15) is 5.53 Å². The van der Waals surface area contributed by atoms with Crippen molar-refractivity contribution in [2.45, 2.75) is 233 Å². The largest absolute Gasteiger partial charge is 2.00 e. The second-order valence-electron chi connectivity index (χ2n) is 19.7. The first-order chi connectivity index (χ1) is 33.5. The minimum atomic E-state index is 0. The summed E-state index contributed by atoms with van der Waals surface area (Å²) in [6.45, 7) is 14.3. The summed E-state index contributed by atoms with van der Waals surface area (Å²) in [5.74, 6) is 0. The molecule has 1 aliphatic heterocycles. The minimum Gasteiger partial charge on any atom is -0.493 e. The van der Waals surface area contributed by atoms with Crippen LogP contribution in [-0.2, 0) is 42.2 Å². The van der Waals surface area contributed by atoms with Crippen LogP contribution in [-0.4, -0.2) is 4.70 Å². The molecule has 0 atom stereocenters. The fourth-order valence-electron chi connectivity index (χ4n) is 9.28. The van der Waals surface area contributed by atoms with Gasteiger partial charge in [-0.15, -0.1) is 0 Å². The molecule has 4 aromatic carbocycles. The van der Waals surface area contributed by atoms with Gasteiger partial charge in [-0.3, -0.25) is 0 Å². The SMILES string of the molecule is CCCCCCCCCCCCCCCCCCCCCCc1ccc(C2=CC(CCCC)=C(c3ccc(CCCCCCCC)cc3)[N+]2=[N-])cc1.[CH2-]Cc1ccccc1.[CH2-]Cc1ccccc1.[Ni+2]. The summed E-state index contributed by atoms with van der Waals surface area (Å²) in [5.41, 5.74) is 22.2. The van der Waals surface area contributed by atoms with E-state index < -0.39 is 0 Å². The second-order valence-corrected chi connectivity index (χ2v) is 19.7. The Morgan fingerprint density at radius 2 is 0.667 bits per heavy atom. The molecule has 3 heteroatoms. The minimum absolute atomic E-state index is 0. The Labute approximate surface area is 436 Å². The third kappa shape index (κ3) is 28.2. The van der Waals surface area contributed by atoms with Gasteiger partial charge < -0.3 is 19.4 Å². The summed E-state index contributed by atoms with van der Waals surface area (Å²) in [7, 11) is 0. The number of allylic oxidation sites excluding steroid dienone is 2. The van der Waals surface area contributed by atoms with Crippen LogP contribution >= 0.6 is 0 Å². The van der Waals surface area contributed by atoms with Crippen LogP contribution in [0.15, 0.2) is 121 Å². The first-order valence-corrected chi connectivity index (χ1v) is 28.3. The van der Waals surface area contributed by atoms with Gasteiger partial charge in [0.1, 0.15) is 0 Å². The fourth-order valence-corrected chi connectivity index (χ4v) is 9.28. The number of nitrogens with zero attached hydrogens (tertiary/aromatic N) is 2. The molecule has 0 N–H and O–H groups in total. The maximum Gasteiger partial charge on any atom is 2.00 e. The maximum atomic E-state index is 11.5. The number of aryl methyl sites for hydroxylation is 2. The Balaban J connectivity index is 0.000000802. The summed E-state index contributed by atoms with van der Waals surface area (Å²) >= 11 is 0. The number of benzene rings is 4. The second kappa shape index (κ2) is 42.2. The van der Waals surface area contributed by atoms with E-state index in [0.717, 1.165) is 67.5 Å². The smallest absolute Gasteiger partial charge is 0.493 e. The molecule has 2 nitrogen and oxygen atoms in total. The molecule has 0 fully saturated rings. The Kier molecular flexibility index (Phi) is 37.6. The molecular formula is C66H98N2Ni. The molecule has 5 rings (SSSR count). The standard InChI is InChI=1S/C50H80N2.2C8H9.Ni/c1-4-7-10-12-14-15-16-17-18-19-20-21-22-23-24-25-26-27-29-31-32-44-35-39-46(40-36-44)49-43-48(34-9-6-3)50(52(49)51)47-41-37-45(38-42-47)33-30-28-13-11-8-5-2;2*1-2-8-6-4-3-5-7-8;/h35-43H,4-34H2,1-3H3;2*3-7H,1-2H2;/q;2*-1;+2. The van der Waals surface area contributed by atoms with Gasteiger partial charge in [0.2, 0.25) is 11.4 Å². The van der Waals surface area contributed by atoms with E-state index in [1.165, 1.54) is 199 Å². The number of hydrogen-bond acceptors (Lipinski definition) is 0. The van der Waals surface area contributed by atoms with E-state index in [-0.39, 0.29) is 16.5 Å². The van der Waals surface area contributed by atoms with Gasteiger partial charge in [0.05, 0.1) is 0 Å². The van der Waals surface area contributed by atoms with Crippen LogP contribution in [0.2, 0.25) is 0 Å². The van der Waals surface area contributed by atoms with Gasteiger partial charge in [0, 0.05) is 22.8 Å². The summed E-state index contributed by atoms with van der Waals surface area (Å²) in [4.78, 5) is 0. The number of unbranched alkanes of at least 4 members (excludes halogenated alkanes) is 25. The van der Waals surface area contributed by atoms with E-state index in [1.54, 1.807) is 0 Å². The number of rotatable bonds is 35. The molecule has 1 heterocycles. The van der Waals surface area contributed by atoms with Gasteiger partial charge in [-0.2, -0.15) is 12.8 Å². The molecule has 4 aromatic rings. The monoisotopic (exact) mass is 977 g/mol. The van der Waals surface area contributed by atoms with Crippen LogP contribution in [0.4, 0.5) is 0 Å². The maximum absolute atomic E-state index is 11.5. The van der Waals surface area contributed by atoms with E-state index in [4.69, 9.17) is 0 Å². The average Bonchev–Trinajstić information content (AvgIpc) is 3.72. The van der Waals surface area contributed by atoms with Crippen molar-refractivity contribution >= 4 is 11.4 Å². The van der Waals surface area contributed by atoms with Gasteiger partial charge in [-0.25, -0.2) is 4.70 Å². The molecule has 1 aliphatic rings. The zero-order valence-electron chi connectivity index (χ0n) is 44.4. The van der Waals surface area contributed by atoms with E-state index in [0.29, 0.717) is 0 Å². The van der Waals surface area contributed by atoms with Crippen LogP contribution in [0.5, 0.6) is 0 Å². The van der Waals surface area contributed by atoms with Crippen LogP contribution in [0.3, 0.4) is 0 Å². The quantitative estimate of drug-likeness (QED) is 0.0190. The normalized spacial score (nSPS) is 12.0. The summed E-state index contributed by atoms with van der Waals surface area (Å²) in [5, 5.41) is 0. The van der Waals surface area contributed by atoms with Crippen LogP contribution in [0.1, 0.15) is 240 Å². The summed E-state index contributed by atoms with van der Waals surface area (Å²) in [6.07, 6.45) is 46.1. The molecule has 382 valence electrons. The Morgan fingerprint density at radius 1 is 0.348 bits per heavy atom. The predicted molar refractivity (Wildman–Crippen MR) is 301 cm³/mol. The summed E-state index contributed by atoms with van der Waals surface area (Å²) < 4.78 is 1.46. The van der Waals surface area contributed by atoms with Crippen molar-refractivity contribution < 1.29 is 21.2 Å². The van der Waals surface area contributed by atoms with Gasteiger partial charge in [0.25, 0.3) is 0 Å². The molecule has 0 saturated heterocycles. The first-order valence-electron chi connectivity index (χ1n) is 28.3. The van der Waals surface area contributed by atoms with Crippen molar-refractivity contribution in [1.29, 1.82) is 0 Å². The average molecular weight is 978 g/mol. The molecule has 69 heavy (non-hydrogen) atoms. The molecule has 0 aliphatic carbocycles. The van der Waals surface area contributed by atoms with Crippen molar-refractivity contribution in [3.63, 3.8) is 0 Å². The molecule has 0 bridgehead atoms. The molecule has 0 amide bonds. The Morgan fingerprint density at radius 3 is 0.986 bits per heavy atom. The molecular weight excluding hydrogens is 879 g/mol. The van der Waals surface area contributed by atoms with Crippen molar-refractivity contribution in [3.05, 3.63) is 174 Å². The van der Waals surface area contributed by atoms with Crippen LogP contribution in [0.25, 0.3) is 16.9 Å². The first kappa shape index (κ1) is 61.6. The van der Waals surface area contributed by atoms with Gasteiger partial charge in [-0.1, -0.05) is 277 Å². The molecule has 0 aromatic heterocycles. The molecule has 0 spiro atoms. The topological polar surface area (TPSA) is 25.3 Å². The third-order valence-corrected chi connectivity index (χ3v) is 13.7. The zero-order chi connectivity index (χ0) is 48.5. The van der Waals surface area contributed by atoms with Gasteiger partial charge in [0.15, 0.2) is 0 Å². The van der Waals surface area contributed by atoms with Crippen LogP contribution < -0.4 is 0 Å². The van der Waals surface area contributed by atoms with Crippen molar-refractivity contribution in [3.8, 4) is 0 Å². The van der Waals surface area contributed by atoms with Crippen molar-refractivity contribution in [2.75, 3.05) is 0 Å². The fraction of sp³-hybridized carbons (Fsp3) is 0.545. The van der Waals surface area contributed by atoms with Crippen molar-refractivity contribution in [1.82, 2.24) is 0 Å². The summed E-state index contributed by atoms with van der Waals surface area (Å²) in [6, 6.07) is 38.4. The third-order valence-electron chi connectivity index (χ3n) is 13.7. The Bertz CT molecular complexity index is 1820. The van der Waals surface area contributed by atoms with E-state index in [2.05, 4.69) is 113 Å². The molecule has 0 radical (unpaired) electrons. The zero-order valence-corrected chi connectivity index (χ0v) is 45.4. The molecule has 0 saturated carbocycles. The predicted octanol–water partition coefficient (Wildman–Crippen LogP) is 21.1. The van der Waals surface area contributed by atoms with Gasteiger partial charge >= 0.3 is 16.5 Å². The van der Waals surface area contributed by atoms with Gasteiger partial charge in [-0.05, 0) is 73.9 Å². The van der Waals surface area contributed by atoms with Crippen LogP contribution in [0, 0.1) is 13.8 Å². The van der Waals surface area contributed by atoms with E-state index >= 15 is 0 Å². The van der Waals surface area contributed by atoms with E-state index in [1.807, 2.05) is 36.4 Å². The Hall–Kier alpha value is -3.55. The van der Waals surface area contributed by atoms with Crippen molar-refractivity contribution in [2.24, 2.45) is 0 Å². The molecule has 0 unspecified atom stereocenters.